The number of alkyl halides is 2. The molecule has 0 aliphatic rings. The minimum Gasteiger partial charge on any atom is -0.383 e. The standard InChI is InChI=1S/C6H7BrF2N4/c7-4-5(10)12-2-13-6(4)11-1-3(8)9/h2-3H,1H2,(H3,10,11,12,13). The molecule has 1 aromatic rings. The molecule has 1 rings (SSSR count). The highest BCUT2D eigenvalue weighted by molar-refractivity contribution is 9.10. The van der Waals surface area contributed by atoms with Crippen LogP contribution in [0.5, 0.6) is 0 Å². The van der Waals surface area contributed by atoms with Crippen LogP contribution in [0.1, 0.15) is 0 Å². The Bertz CT molecular complexity index is 294. The van der Waals surface area contributed by atoms with Crippen molar-refractivity contribution >= 4 is 27.6 Å². The van der Waals surface area contributed by atoms with Crippen LogP contribution in [0.2, 0.25) is 0 Å². The molecular formula is C6H7BrF2N4. The zero-order valence-electron chi connectivity index (χ0n) is 6.47. The molecule has 0 unspecified atom stereocenters. The van der Waals surface area contributed by atoms with E-state index in [0.717, 1.165) is 0 Å². The van der Waals surface area contributed by atoms with E-state index in [-0.39, 0.29) is 11.6 Å². The van der Waals surface area contributed by atoms with Gasteiger partial charge in [-0.05, 0) is 15.9 Å². The van der Waals surface area contributed by atoms with Crippen LogP contribution >= 0.6 is 15.9 Å². The second-order valence-electron chi connectivity index (χ2n) is 2.19. The van der Waals surface area contributed by atoms with Crippen LogP contribution in [0.4, 0.5) is 20.4 Å². The van der Waals surface area contributed by atoms with Crippen molar-refractivity contribution in [2.45, 2.75) is 6.43 Å². The van der Waals surface area contributed by atoms with Gasteiger partial charge in [-0.1, -0.05) is 0 Å². The molecule has 7 heteroatoms. The Hall–Kier alpha value is -0.980. The third-order valence-corrected chi connectivity index (χ3v) is 2.02. The Morgan fingerprint density at radius 2 is 2.23 bits per heavy atom. The average molecular weight is 253 g/mol. The van der Waals surface area contributed by atoms with Gasteiger partial charge in [0.25, 0.3) is 6.43 Å². The summed E-state index contributed by atoms with van der Waals surface area (Å²) in [5.74, 6) is 0.486. The summed E-state index contributed by atoms with van der Waals surface area (Å²) in [4.78, 5) is 7.39. The summed E-state index contributed by atoms with van der Waals surface area (Å²) in [5.41, 5.74) is 5.40. The van der Waals surface area contributed by atoms with Crippen LogP contribution in [-0.2, 0) is 0 Å². The maximum Gasteiger partial charge on any atom is 0.255 e. The second-order valence-corrected chi connectivity index (χ2v) is 2.99. The number of hydrogen-bond donors (Lipinski definition) is 2. The molecule has 4 nitrogen and oxygen atoms in total. The monoisotopic (exact) mass is 252 g/mol. The number of nitrogen functional groups attached to an aromatic ring is 1. The highest BCUT2D eigenvalue weighted by Crippen LogP contribution is 2.23. The summed E-state index contributed by atoms with van der Waals surface area (Å²) in [6.45, 7) is -0.463. The Labute approximate surface area is 81.7 Å². The quantitative estimate of drug-likeness (QED) is 0.856. The number of anilines is 2. The minimum absolute atomic E-state index is 0.215. The number of halogens is 3. The van der Waals surface area contributed by atoms with Gasteiger partial charge in [0.1, 0.15) is 22.4 Å². The number of aromatic nitrogens is 2. The summed E-state index contributed by atoms with van der Waals surface area (Å²) >= 11 is 3.07. The van der Waals surface area contributed by atoms with Crippen molar-refractivity contribution < 1.29 is 8.78 Å². The largest absolute Gasteiger partial charge is 0.383 e. The Morgan fingerprint density at radius 1 is 1.54 bits per heavy atom. The fourth-order valence-electron chi connectivity index (χ4n) is 0.681. The first-order valence-electron chi connectivity index (χ1n) is 3.39. The molecule has 0 saturated carbocycles. The van der Waals surface area contributed by atoms with Crippen LogP contribution in [0.3, 0.4) is 0 Å². The summed E-state index contributed by atoms with van der Waals surface area (Å²) in [7, 11) is 0. The lowest BCUT2D eigenvalue weighted by molar-refractivity contribution is 0.163. The molecule has 0 bridgehead atoms. The maximum atomic E-state index is 11.8. The van der Waals surface area contributed by atoms with Crippen LogP contribution in [0.25, 0.3) is 0 Å². The average Bonchev–Trinajstić information content (AvgIpc) is 2.07. The fourth-order valence-corrected chi connectivity index (χ4v) is 1.03. The molecule has 1 aromatic heterocycles. The smallest absolute Gasteiger partial charge is 0.255 e. The summed E-state index contributed by atoms with van der Waals surface area (Å²) < 4.78 is 24.0. The van der Waals surface area contributed by atoms with Gasteiger partial charge in [-0.15, -0.1) is 0 Å². The number of nitrogens with zero attached hydrogens (tertiary/aromatic N) is 2. The van der Waals surface area contributed by atoms with Crippen LogP contribution in [0.15, 0.2) is 10.8 Å². The number of nitrogens with two attached hydrogens (primary N) is 1. The maximum absolute atomic E-state index is 11.8. The highest BCUT2D eigenvalue weighted by atomic mass is 79.9. The molecule has 0 fully saturated rings. The van der Waals surface area contributed by atoms with Gasteiger partial charge in [0.2, 0.25) is 0 Å². The van der Waals surface area contributed by atoms with Crippen LogP contribution in [0, 0.1) is 0 Å². The lowest BCUT2D eigenvalue weighted by Crippen LogP contribution is -2.12. The molecule has 3 N–H and O–H groups in total. The topological polar surface area (TPSA) is 63.8 Å². The molecule has 0 aliphatic carbocycles. The number of hydrogen-bond acceptors (Lipinski definition) is 4. The van der Waals surface area contributed by atoms with Gasteiger partial charge in [-0.25, -0.2) is 18.7 Å². The van der Waals surface area contributed by atoms with Crippen molar-refractivity contribution in [3.8, 4) is 0 Å². The number of nitrogens with one attached hydrogen (secondary N) is 1. The molecule has 1 heterocycles. The zero-order valence-corrected chi connectivity index (χ0v) is 8.05. The first-order valence-corrected chi connectivity index (χ1v) is 4.18. The summed E-state index contributed by atoms with van der Waals surface area (Å²) in [6.07, 6.45) is -1.23. The predicted molar refractivity (Wildman–Crippen MR) is 48.6 cm³/mol. The van der Waals surface area contributed by atoms with E-state index in [1.54, 1.807) is 0 Å². The van der Waals surface area contributed by atoms with Crippen LogP contribution in [-0.4, -0.2) is 22.9 Å². The molecule has 0 spiro atoms. The molecule has 72 valence electrons. The molecule has 13 heavy (non-hydrogen) atoms. The molecule has 0 aromatic carbocycles. The van der Waals surface area contributed by atoms with E-state index in [0.29, 0.717) is 4.47 Å². The van der Waals surface area contributed by atoms with Gasteiger partial charge in [0, 0.05) is 0 Å². The van der Waals surface area contributed by atoms with E-state index >= 15 is 0 Å². The second kappa shape index (κ2) is 4.31. The van der Waals surface area contributed by atoms with E-state index < -0.39 is 13.0 Å². The predicted octanol–water partition coefficient (Wildman–Crippen LogP) is 1.50. The van der Waals surface area contributed by atoms with E-state index in [1.807, 2.05) is 0 Å². The molecular weight excluding hydrogens is 246 g/mol. The van der Waals surface area contributed by atoms with Crippen molar-refractivity contribution in [2.75, 3.05) is 17.6 Å². The first kappa shape index (κ1) is 10.1. The third-order valence-electron chi connectivity index (χ3n) is 1.24. The normalized spacial score (nSPS) is 10.5. The minimum atomic E-state index is -2.43. The summed E-state index contributed by atoms with van der Waals surface area (Å²) in [5, 5.41) is 2.43. The van der Waals surface area contributed by atoms with E-state index in [9.17, 15) is 8.78 Å². The van der Waals surface area contributed by atoms with Crippen molar-refractivity contribution in [3.63, 3.8) is 0 Å². The molecule has 0 saturated heterocycles. The number of rotatable bonds is 3. The van der Waals surface area contributed by atoms with Gasteiger partial charge in [0.05, 0.1) is 6.54 Å². The molecule has 0 atom stereocenters. The van der Waals surface area contributed by atoms with Gasteiger partial charge in [-0.3, -0.25) is 0 Å². The highest BCUT2D eigenvalue weighted by Gasteiger charge is 2.07. The summed E-state index contributed by atoms with van der Waals surface area (Å²) in [6, 6.07) is 0. The van der Waals surface area contributed by atoms with Gasteiger partial charge in [-0.2, -0.15) is 0 Å². The van der Waals surface area contributed by atoms with Gasteiger partial charge >= 0.3 is 0 Å². The lowest BCUT2D eigenvalue weighted by atomic mass is 10.5. The van der Waals surface area contributed by atoms with E-state index in [1.165, 1.54) is 6.33 Å². The molecule has 0 aliphatic heterocycles. The van der Waals surface area contributed by atoms with E-state index in [2.05, 4.69) is 31.2 Å². The Balaban J connectivity index is 2.71. The zero-order chi connectivity index (χ0) is 9.84. The molecule has 0 amide bonds. The van der Waals surface area contributed by atoms with Crippen molar-refractivity contribution in [1.29, 1.82) is 0 Å². The fraction of sp³-hybridized carbons (Fsp3) is 0.333. The lowest BCUT2D eigenvalue weighted by Gasteiger charge is -2.06. The third kappa shape index (κ3) is 2.76. The Morgan fingerprint density at radius 3 is 2.85 bits per heavy atom. The van der Waals surface area contributed by atoms with Crippen LogP contribution < -0.4 is 11.1 Å². The first-order chi connectivity index (χ1) is 6.11. The van der Waals surface area contributed by atoms with E-state index in [4.69, 9.17) is 5.73 Å². The van der Waals surface area contributed by atoms with Crippen molar-refractivity contribution in [2.24, 2.45) is 0 Å². The molecule has 0 radical (unpaired) electrons. The van der Waals surface area contributed by atoms with Crippen molar-refractivity contribution in [1.82, 2.24) is 9.97 Å². The van der Waals surface area contributed by atoms with Gasteiger partial charge in [0.15, 0.2) is 0 Å². The Kier molecular flexibility index (Phi) is 3.35. The van der Waals surface area contributed by atoms with Gasteiger partial charge < -0.3 is 11.1 Å². The SMILES string of the molecule is Nc1ncnc(NCC(F)F)c1Br. The van der Waals surface area contributed by atoms with Crippen molar-refractivity contribution in [3.05, 3.63) is 10.8 Å².